The highest BCUT2D eigenvalue weighted by molar-refractivity contribution is 7.74. The first-order valence-electron chi connectivity index (χ1n) is 15.6. The molecule has 0 aliphatic heterocycles. The molecule has 0 bridgehead atoms. The van der Waals surface area contributed by atoms with Crippen molar-refractivity contribution in [3.63, 3.8) is 0 Å². The largest absolute Gasteiger partial charge is 0.0648 e. The average Bonchev–Trinajstić information content (AvgIpc) is 2.86. The van der Waals surface area contributed by atoms with Crippen LogP contribution < -0.4 is 21.2 Å². The predicted molar refractivity (Wildman–Crippen MR) is 193 cm³/mol. The third-order valence-corrected chi connectivity index (χ3v) is 15.4. The summed E-state index contributed by atoms with van der Waals surface area (Å²) in [5.74, 6) is 0. The van der Waals surface area contributed by atoms with Crippen molar-refractivity contribution in [2.45, 2.75) is 101 Å². The summed E-state index contributed by atoms with van der Waals surface area (Å²) in [7, 11) is -1.16. The minimum atomic E-state index is -0.580. The molecule has 2 atom stereocenters. The maximum Gasteiger partial charge on any atom is -0.00972 e. The molecule has 0 aliphatic rings. The number of hydrogen-bond donors (Lipinski definition) is 0. The molecular weight excluding hydrogens is 542 g/mol. The van der Waals surface area contributed by atoms with Gasteiger partial charge in [0.15, 0.2) is 0 Å². The van der Waals surface area contributed by atoms with E-state index in [1.165, 1.54) is 65.7 Å². The standard InChI is InChI=1S/C40H52P2/c1-13-40(12,34(10)41(36-18-26(2)14-27(3)19-36)37-20-28(4)15-29(5)21-37)35(11)42(38-22-30(6)16-31(7)23-38)39-24-32(8)17-33(9)25-39/h14-25,34-35H,13H2,1-12H3. The van der Waals surface area contributed by atoms with Gasteiger partial charge in [0.25, 0.3) is 0 Å². The Labute approximate surface area is 259 Å². The highest BCUT2D eigenvalue weighted by Gasteiger charge is 2.44. The first-order valence-corrected chi connectivity index (χ1v) is 18.5. The van der Waals surface area contributed by atoms with E-state index >= 15 is 0 Å². The van der Waals surface area contributed by atoms with Crippen LogP contribution in [0.4, 0.5) is 0 Å². The minimum Gasteiger partial charge on any atom is -0.0648 e. The van der Waals surface area contributed by atoms with E-state index in [1.54, 1.807) is 0 Å². The lowest BCUT2D eigenvalue weighted by Crippen LogP contribution is -2.43. The van der Waals surface area contributed by atoms with Crippen molar-refractivity contribution in [2.75, 3.05) is 0 Å². The lowest BCUT2D eigenvalue weighted by Gasteiger charge is -2.48. The summed E-state index contributed by atoms with van der Waals surface area (Å²) in [5.41, 5.74) is 12.1. The van der Waals surface area contributed by atoms with Crippen molar-refractivity contribution in [3.05, 3.63) is 117 Å². The van der Waals surface area contributed by atoms with E-state index in [-0.39, 0.29) is 5.41 Å². The van der Waals surface area contributed by atoms with Crippen LogP contribution in [-0.2, 0) is 0 Å². The Morgan fingerprint density at radius 1 is 0.429 bits per heavy atom. The highest BCUT2D eigenvalue weighted by Crippen LogP contribution is 2.58. The van der Waals surface area contributed by atoms with Crippen molar-refractivity contribution in [3.8, 4) is 0 Å². The van der Waals surface area contributed by atoms with E-state index in [0.717, 1.165) is 6.42 Å². The van der Waals surface area contributed by atoms with Gasteiger partial charge in [0.05, 0.1) is 0 Å². The summed E-state index contributed by atoms with van der Waals surface area (Å²) in [6, 6.07) is 29.1. The van der Waals surface area contributed by atoms with Gasteiger partial charge in [-0.1, -0.05) is 145 Å². The fourth-order valence-corrected chi connectivity index (χ4v) is 14.3. The molecule has 2 heteroatoms. The van der Waals surface area contributed by atoms with Gasteiger partial charge in [0.2, 0.25) is 0 Å². The van der Waals surface area contributed by atoms with Gasteiger partial charge in [0.1, 0.15) is 0 Å². The van der Waals surface area contributed by atoms with Gasteiger partial charge in [-0.05, 0) is 116 Å². The monoisotopic (exact) mass is 594 g/mol. The third-order valence-electron chi connectivity index (χ3n) is 9.38. The number of hydrogen-bond acceptors (Lipinski definition) is 0. The van der Waals surface area contributed by atoms with Gasteiger partial charge in [-0.15, -0.1) is 0 Å². The summed E-state index contributed by atoms with van der Waals surface area (Å²) in [5, 5.41) is 6.09. The smallest absolute Gasteiger partial charge is 0.00972 e. The summed E-state index contributed by atoms with van der Waals surface area (Å²) in [6.07, 6.45) is 1.15. The lowest BCUT2D eigenvalue weighted by molar-refractivity contribution is 0.302. The van der Waals surface area contributed by atoms with E-state index in [4.69, 9.17) is 0 Å². The van der Waals surface area contributed by atoms with E-state index in [9.17, 15) is 0 Å². The van der Waals surface area contributed by atoms with Crippen molar-refractivity contribution in [1.82, 2.24) is 0 Å². The predicted octanol–water partition coefficient (Wildman–Crippen LogP) is 9.91. The van der Waals surface area contributed by atoms with Crippen LogP contribution in [0, 0.1) is 60.8 Å². The molecule has 222 valence electrons. The zero-order chi connectivity index (χ0) is 30.9. The quantitative estimate of drug-likeness (QED) is 0.169. The second kappa shape index (κ2) is 13.2. The summed E-state index contributed by atoms with van der Waals surface area (Å²) < 4.78 is 0. The summed E-state index contributed by atoms with van der Waals surface area (Å²) >= 11 is 0. The molecule has 4 aromatic rings. The molecule has 0 heterocycles. The average molecular weight is 595 g/mol. The molecule has 0 saturated carbocycles. The van der Waals surface area contributed by atoms with Crippen molar-refractivity contribution in [2.24, 2.45) is 5.41 Å². The fourth-order valence-electron chi connectivity index (χ4n) is 7.08. The van der Waals surface area contributed by atoms with Gasteiger partial charge >= 0.3 is 0 Å². The molecule has 0 spiro atoms. The molecule has 42 heavy (non-hydrogen) atoms. The Morgan fingerprint density at radius 3 is 0.786 bits per heavy atom. The van der Waals surface area contributed by atoms with Crippen LogP contribution in [0.3, 0.4) is 0 Å². The molecule has 0 N–H and O–H groups in total. The molecule has 0 fully saturated rings. The van der Waals surface area contributed by atoms with Crippen LogP contribution in [0.25, 0.3) is 0 Å². The number of rotatable bonds is 9. The van der Waals surface area contributed by atoms with Crippen molar-refractivity contribution >= 4 is 37.1 Å². The third kappa shape index (κ3) is 7.09. The van der Waals surface area contributed by atoms with Gasteiger partial charge in [-0.25, -0.2) is 0 Å². The van der Waals surface area contributed by atoms with Crippen LogP contribution in [-0.4, -0.2) is 11.3 Å². The Balaban J connectivity index is 1.94. The van der Waals surface area contributed by atoms with Crippen LogP contribution in [0.2, 0.25) is 0 Å². The molecule has 2 unspecified atom stereocenters. The van der Waals surface area contributed by atoms with Gasteiger partial charge in [-0.2, -0.15) is 0 Å². The van der Waals surface area contributed by atoms with Gasteiger partial charge in [0, 0.05) is 0 Å². The molecule has 0 aliphatic carbocycles. The van der Waals surface area contributed by atoms with E-state index in [0.29, 0.717) is 11.3 Å². The van der Waals surface area contributed by atoms with Crippen molar-refractivity contribution < 1.29 is 0 Å². The van der Waals surface area contributed by atoms with Gasteiger partial charge < -0.3 is 0 Å². The summed E-state index contributed by atoms with van der Waals surface area (Å²) in [4.78, 5) is 0. The number of aryl methyl sites for hydroxylation is 8. The van der Waals surface area contributed by atoms with Crippen LogP contribution in [0.5, 0.6) is 0 Å². The maximum atomic E-state index is 2.61. The lowest BCUT2D eigenvalue weighted by atomic mass is 9.81. The van der Waals surface area contributed by atoms with E-state index < -0.39 is 15.8 Å². The maximum absolute atomic E-state index is 2.61. The fraction of sp³-hybridized carbons (Fsp3) is 0.400. The molecule has 0 nitrogen and oxygen atoms in total. The molecule has 0 radical (unpaired) electrons. The minimum absolute atomic E-state index is 0.127. The SMILES string of the molecule is CCC(C)(C(C)P(c1cc(C)cc(C)c1)c1cc(C)cc(C)c1)C(C)P(c1cc(C)cc(C)c1)c1cc(C)cc(C)c1. The first-order chi connectivity index (χ1) is 19.7. The Hall–Kier alpha value is -2.26. The zero-order valence-corrected chi connectivity index (χ0v) is 30.0. The van der Waals surface area contributed by atoms with Crippen LogP contribution >= 0.6 is 15.8 Å². The van der Waals surface area contributed by atoms with Gasteiger partial charge in [-0.3, -0.25) is 0 Å². The zero-order valence-electron chi connectivity index (χ0n) is 28.2. The molecule has 0 amide bonds. The molecule has 0 aromatic heterocycles. The Morgan fingerprint density at radius 2 is 0.619 bits per heavy atom. The molecule has 0 saturated heterocycles. The van der Waals surface area contributed by atoms with Crippen LogP contribution in [0.1, 0.15) is 78.6 Å². The second-order valence-electron chi connectivity index (χ2n) is 13.3. The first kappa shape index (κ1) is 32.6. The number of benzene rings is 4. The Bertz CT molecular complexity index is 1270. The van der Waals surface area contributed by atoms with Crippen LogP contribution in [0.15, 0.2) is 72.8 Å². The molecular formula is C40H52P2. The molecule has 4 aromatic carbocycles. The summed E-state index contributed by atoms with van der Waals surface area (Å²) in [6.45, 7) is 28.3. The molecule has 4 rings (SSSR count). The Kier molecular flexibility index (Phi) is 10.2. The normalized spacial score (nSPS) is 14.7. The van der Waals surface area contributed by atoms with Crippen molar-refractivity contribution in [1.29, 1.82) is 0 Å². The van der Waals surface area contributed by atoms with E-state index in [1.807, 2.05) is 0 Å². The topological polar surface area (TPSA) is 0 Å². The second-order valence-corrected chi connectivity index (χ2v) is 18.4. The van der Waals surface area contributed by atoms with E-state index in [2.05, 4.69) is 156 Å². The highest BCUT2D eigenvalue weighted by atomic mass is 31.1.